The normalized spacial score (nSPS) is 11.2. The fourth-order valence-electron chi connectivity index (χ4n) is 2.23. The van der Waals surface area contributed by atoms with Gasteiger partial charge in [-0.25, -0.2) is 9.97 Å². The summed E-state index contributed by atoms with van der Waals surface area (Å²) < 4.78 is 0. The molecule has 0 unspecified atom stereocenters. The average Bonchev–Trinajstić information content (AvgIpc) is 2.38. The zero-order chi connectivity index (χ0) is 14.7. The second kappa shape index (κ2) is 6.23. The van der Waals surface area contributed by atoms with Gasteiger partial charge in [-0.1, -0.05) is 57.5 Å². The number of para-hydroxylation sites is 1. The monoisotopic (exact) mass is 289 g/mol. The van der Waals surface area contributed by atoms with E-state index in [0.29, 0.717) is 11.1 Å². The molecule has 0 saturated heterocycles. The minimum absolute atomic E-state index is 0.261. The van der Waals surface area contributed by atoms with Crippen molar-refractivity contribution in [1.29, 1.82) is 0 Å². The van der Waals surface area contributed by atoms with Crippen LogP contribution >= 0.6 is 11.6 Å². The van der Waals surface area contributed by atoms with E-state index in [1.54, 1.807) is 0 Å². The molecule has 1 N–H and O–H groups in total. The van der Waals surface area contributed by atoms with Gasteiger partial charge in [0.15, 0.2) is 0 Å². The molecule has 0 fully saturated rings. The minimum atomic E-state index is 0.261. The molecule has 0 aliphatic rings. The van der Waals surface area contributed by atoms with Crippen LogP contribution in [0.4, 0.5) is 11.5 Å². The van der Waals surface area contributed by atoms with Gasteiger partial charge >= 0.3 is 0 Å². The molecule has 0 spiro atoms. The van der Waals surface area contributed by atoms with E-state index in [4.69, 9.17) is 11.6 Å². The second-order valence-electron chi connectivity index (χ2n) is 5.45. The first kappa shape index (κ1) is 14.8. The summed E-state index contributed by atoms with van der Waals surface area (Å²) in [5, 5.41) is 3.92. The summed E-state index contributed by atoms with van der Waals surface area (Å²) in [4.78, 5) is 8.42. The van der Waals surface area contributed by atoms with Gasteiger partial charge in [0.05, 0.1) is 0 Å². The predicted molar refractivity (Wildman–Crippen MR) is 84.9 cm³/mol. The molecule has 1 heterocycles. The van der Waals surface area contributed by atoms with Gasteiger partial charge in [-0.3, -0.25) is 0 Å². The number of hydrogen-bond donors (Lipinski definition) is 1. The van der Waals surface area contributed by atoms with E-state index in [0.717, 1.165) is 17.1 Å². The summed E-state index contributed by atoms with van der Waals surface area (Å²) >= 11 is 6.20. The van der Waals surface area contributed by atoms with Gasteiger partial charge in [-0.15, -0.1) is 0 Å². The third-order valence-electron chi connectivity index (χ3n) is 3.25. The fourth-order valence-corrected chi connectivity index (χ4v) is 2.58. The molecule has 106 valence electrons. The summed E-state index contributed by atoms with van der Waals surface area (Å²) in [5.41, 5.74) is 3.28. The Labute approximate surface area is 125 Å². The maximum Gasteiger partial charge on any atom is 0.138 e. The van der Waals surface area contributed by atoms with Crippen molar-refractivity contribution in [2.24, 2.45) is 0 Å². The lowest BCUT2D eigenvalue weighted by molar-refractivity contribution is 0.847. The van der Waals surface area contributed by atoms with Crippen molar-refractivity contribution >= 4 is 23.1 Å². The van der Waals surface area contributed by atoms with Gasteiger partial charge in [0.25, 0.3) is 0 Å². The van der Waals surface area contributed by atoms with Gasteiger partial charge in [-0.05, 0) is 23.5 Å². The highest BCUT2D eigenvalue weighted by Crippen LogP contribution is 2.32. The lowest BCUT2D eigenvalue weighted by atomic mass is 10.0. The van der Waals surface area contributed by atoms with Crippen LogP contribution < -0.4 is 5.32 Å². The van der Waals surface area contributed by atoms with E-state index in [2.05, 4.69) is 61.2 Å². The van der Waals surface area contributed by atoms with E-state index in [1.807, 2.05) is 6.07 Å². The van der Waals surface area contributed by atoms with Crippen molar-refractivity contribution in [2.75, 3.05) is 5.32 Å². The maximum absolute atomic E-state index is 6.20. The number of hydrogen-bond acceptors (Lipinski definition) is 3. The molecule has 2 rings (SSSR count). The number of benzene rings is 1. The number of nitrogens with zero attached hydrogens (tertiary/aromatic N) is 2. The van der Waals surface area contributed by atoms with Crippen LogP contribution in [0, 0.1) is 0 Å². The van der Waals surface area contributed by atoms with Gasteiger partial charge in [0.2, 0.25) is 0 Å². The Bertz CT molecular complexity index is 594. The van der Waals surface area contributed by atoms with Crippen LogP contribution in [0.25, 0.3) is 0 Å². The fraction of sp³-hybridized carbons (Fsp3) is 0.375. The van der Waals surface area contributed by atoms with Gasteiger partial charge in [0, 0.05) is 11.3 Å². The first-order valence-electron chi connectivity index (χ1n) is 6.87. The highest BCUT2D eigenvalue weighted by atomic mass is 35.5. The summed E-state index contributed by atoms with van der Waals surface area (Å²) in [5.74, 6) is 1.49. The average molecular weight is 290 g/mol. The molecule has 0 atom stereocenters. The van der Waals surface area contributed by atoms with Gasteiger partial charge < -0.3 is 5.32 Å². The Morgan fingerprint density at radius 2 is 1.70 bits per heavy atom. The Morgan fingerprint density at radius 1 is 1.00 bits per heavy atom. The molecule has 1 aromatic heterocycles. The molecule has 0 saturated carbocycles. The summed E-state index contributed by atoms with van der Waals surface area (Å²) in [6.45, 7) is 8.53. The van der Waals surface area contributed by atoms with Crippen molar-refractivity contribution in [3.05, 3.63) is 46.9 Å². The highest BCUT2D eigenvalue weighted by Gasteiger charge is 2.15. The van der Waals surface area contributed by atoms with Crippen molar-refractivity contribution < 1.29 is 0 Å². The molecule has 0 amide bonds. The first-order valence-corrected chi connectivity index (χ1v) is 7.24. The summed E-state index contributed by atoms with van der Waals surface area (Å²) in [6.07, 6.45) is 1.49. The first-order chi connectivity index (χ1) is 9.50. The third-order valence-corrected chi connectivity index (χ3v) is 3.55. The molecule has 0 radical (unpaired) electrons. The van der Waals surface area contributed by atoms with E-state index < -0.39 is 0 Å². The molecular formula is C16H20ClN3. The smallest absolute Gasteiger partial charge is 0.138 e. The molecule has 1 aromatic carbocycles. The second-order valence-corrected chi connectivity index (χ2v) is 5.81. The van der Waals surface area contributed by atoms with Crippen LogP contribution in [-0.2, 0) is 0 Å². The van der Waals surface area contributed by atoms with E-state index in [1.165, 1.54) is 11.9 Å². The summed E-state index contributed by atoms with van der Waals surface area (Å²) in [6, 6.07) is 8.27. The summed E-state index contributed by atoms with van der Waals surface area (Å²) in [7, 11) is 0. The Balaban J connectivity index is 2.43. The minimum Gasteiger partial charge on any atom is -0.340 e. The lowest BCUT2D eigenvalue weighted by Gasteiger charge is -2.17. The van der Waals surface area contributed by atoms with Crippen molar-refractivity contribution in [3.8, 4) is 0 Å². The highest BCUT2D eigenvalue weighted by molar-refractivity contribution is 6.30. The lowest BCUT2D eigenvalue weighted by Crippen LogP contribution is -2.05. The third kappa shape index (κ3) is 3.10. The topological polar surface area (TPSA) is 37.8 Å². The van der Waals surface area contributed by atoms with Crippen LogP contribution in [0.1, 0.15) is 50.7 Å². The van der Waals surface area contributed by atoms with Crippen LogP contribution in [-0.4, -0.2) is 9.97 Å². The Kier molecular flexibility index (Phi) is 4.61. The van der Waals surface area contributed by atoms with Crippen LogP contribution in [0.2, 0.25) is 5.15 Å². The van der Waals surface area contributed by atoms with Gasteiger partial charge in [-0.2, -0.15) is 0 Å². The molecule has 0 aliphatic carbocycles. The zero-order valence-corrected chi connectivity index (χ0v) is 13.1. The molecule has 3 nitrogen and oxygen atoms in total. The Hall–Kier alpha value is -1.61. The molecule has 0 bridgehead atoms. The van der Waals surface area contributed by atoms with E-state index in [9.17, 15) is 0 Å². The largest absolute Gasteiger partial charge is 0.340 e. The quantitative estimate of drug-likeness (QED) is 0.794. The molecule has 4 heteroatoms. The van der Waals surface area contributed by atoms with Crippen LogP contribution in [0.5, 0.6) is 0 Å². The number of anilines is 2. The molecular weight excluding hydrogens is 270 g/mol. The molecule has 0 aliphatic heterocycles. The van der Waals surface area contributed by atoms with Crippen LogP contribution in [0.3, 0.4) is 0 Å². The van der Waals surface area contributed by atoms with Crippen molar-refractivity contribution in [1.82, 2.24) is 9.97 Å². The maximum atomic E-state index is 6.20. The van der Waals surface area contributed by atoms with Crippen molar-refractivity contribution in [2.45, 2.75) is 39.5 Å². The number of rotatable bonds is 4. The van der Waals surface area contributed by atoms with Gasteiger partial charge in [0.1, 0.15) is 17.3 Å². The SMILES string of the molecule is CC(C)c1ccccc1Nc1ncnc(Cl)c1C(C)C. The molecule has 20 heavy (non-hydrogen) atoms. The van der Waals surface area contributed by atoms with E-state index >= 15 is 0 Å². The zero-order valence-electron chi connectivity index (χ0n) is 12.3. The predicted octanol–water partition coefficient (Wildman–Crippen LogP) is 5.12. The number of aromatic nitrogens is 2. The standard InChI is InChI=1S/C16H20ClN3/c1-10(2)12-7-5-6-8-13(12)20-16-14(11(3)4)15(17)18-9-19-16/h5-11H,1-4H3,(H,18,19,20). The molecule has 2 aromatic rings. The van der Waals surface area contributed by atoms with Crippen molar-refractivity contribution in [3.63, 3.8) is 0 Å². The number of nitrogens with one attached hydrogen (secondary N) is 1. The number of halogens is 1. The Morgan fingerprint density at radius 3 is 2.35 bits per heavy atom. The van der Waals surface area contributed by atoms with Crippen LogP contribution in [0.15, 0.2) is 30.6 Å². The van der Waals surface area contributed by atoms with E-state index in [-0.39, 0.29) is 5.92 Å².